The summed E-state index contributed by atoms with van der Waals surface area (Å²) in [6.45, 7) is 7.49. The van der Waals surface area contributed by atoms with Crippen LogP contribution in [0.2, 0.25) is 0 Å². The van der Waals surface area contributed by atoms with Gasteiger partial charge in [-0.25, -0.2) is 0 Å². The second kappa shape index (κ2) is 4.96. The number of nitrogens with one attached hydrogen (secondary N) is 2. The molecule has 0 aliphatic carbocycles. The minimum absolute atomic E-state index is 0.0390. The molecule has 2 amide bonds. The van der Waals surface area contributed by atoms with Gasteiger partial charge in [-0.3, -0.25) is 9.59 Å². The quantitative estimate of drug-likeness (QED) is 0.728. The highest BCUT2D eigenvalue weighted by molar-refractivity contribution is 5.89. The first-order valence-corrected chi connectivity index (χ1v) is 5.33. The van der Waals surface area contributed by atoms with E-state index in [1.54, 1.807) is 0 Å². The lowest BCUT2D eigenvalue weighted by atomic mass is 10.0. The average molecular weight is 210 g/mol. The van der Waals surface area contributed by atoms with E-state index in [9.17, 15) is 9.59 Å². The molecule has 0 bridgehead atoms. The topological polar surface area (TPSA) is 58.2 Å². The number of hydrogen-bond acceptors (Lipinski definition) is 2. The Morgan fingerprint density at radius 1 is 1.73 bits per heavy atom. The number of carbonyl (C=O) groups excluding carboxylic acids is 2. The molecule has 1 fully saturated rings. The minimum atomic E-state index is -0.392. The van der Waals surface area contributed by atoms with Crippen LogP contribution in [0, 0.1) is 5.92 Å². The van der Waals surface area contributed by atoms with E-state index in [4.69, 9.17) is 0 Å². The third-order valence-electron chi connectivity index (χ3n) is 2.73. The molecule has 0 radical (unpaired) electrons. The average Bonchev–Trinajstić information content (AvgIpc) is 2.20. The van der Waals surface area contributed by atoms with Crippen LogP contribution in [0.4, 0.5) is 0 Å². The van der Waals surface area contributed by atoms with E-state index in [2.05, 4.69) is 17.2 Å². The first kappa shape index (κ1) is 11.8. The Bertz CT molecular complexity index is 286. The minimum Gasteiger partial charge on any atom is -0.344 e. The molecule has 2 N–H and O–H groups in total. The fraction of sp³-hybridized carbons (Fsp3) is 0.636. The number of rotatable bonds is 3. The van der Waals surface area contributed by atoms with Crippen LogP contribution in [-0.4, -0.2) is 17.9 Å². The maximum Gasteiger partial charge on any atom is 0.246 e. The van der Waals surface area contributed by atoms with Crippen molar-refractivity contribution in [3.8, 4) is 0 Å². The predicted octanol–water partition coefficient (Wildman–Crippen LogP) is 0.941. The number of carbonyl (C=O) groups is 2. The Morgan fingerprint density at radius 2 is 2.40 bits per heavy atom. The summed E-state index contributed by atoms with van der Waals surface area (Å²) in [5.41, 5.74) is 0.731. The van der Waals surface area contributed by atoms with E-state index in [0.717, 1.165) is 18.5 Å². The summed E-state index contributed by atoms with van der Waals surface area (Å²) < 4.78 is 0. The van der Waals surface area contributed by atoms with E-state index < -0.39 is 6.04 Å². The number of piperidine rings is 1. The molecule has 1 unspecified atom stereocenters. The van der Waals surface area contributed by atoms with Gasteiger partial charge in [0, 0.05) is 11.6 Å². The van der Waals surface area contributed by atoms with Crippen LogP contribution in [0.25, 0.3) is 0 Å². The number of amides is 2. The van der Waals surface area contributed by atoms with Crippen molar-refractivity contribution in [2.24, 2.45) is 5.92 Å². The van der Waals surface area contributed by atoms with Crippen LogP contribution >= 0.6 is 0 Å². The van der Waals surface area contributed by atoms with Crippen LogP contribution in [0.15, 0.2) is 12.3 Å². The Balaban J connectivity index is 2.48. The molecule has 0 aromatic carbocycles. The SMILES string of the molecule is C=C1CCC(NC(=O)[C@@H](C)CC)C(=O)N1. The van der Waals surface area contributed by atoms with Gasteiger partial charge < -0.3 is 10.6 Å². The zero-order valence-corrected chi connectivity index (χ0v) is 9.30. The summed E-state index contributed by atoms with van der Waals surface area (Å²) in [5, 5.41) is 5.39. The van der Waals surface area contributed by atoms with Gasteiger partial charge in [0.05, 0.1) is 0 Å². The van der Waals surface area contributed by atoms with Crippen molar-refractivity contribution in [3.05, 3.63) is 12.3 Å². The van der Waals surface area contributed by atoms with E-state index in [-0.39, 0.29) is 17.7 Å². The molecule has 1 aliphatic rings. The molecule has 1 rings (SSSR count). The van der Waals surface area contributed by atoms with Gasteiger partial charge in [-0.1, -0.05) is 20.4 Å². The monoisotopic (exact) mass is 210 g/mol. The maximum atomic E-state index is 11.6. The van der Waals surface area contributed by atoms with Gasteiger partial charge in [0.25, 0.3) is 0 Å². The zero-order valence-electron chi connectivity index (χ0n) is 9.30. The van der Waals surface area contributed by atoms with Crippen LogP contribution in [0.1, 0.15) is 33.1 Å². The molecule has 1 heterocycles. The van der Waals surface area contributed by atoms with Gasteiger partial charge in [0.15, 0.2) is 0 Å². The number of hydrogen-bond donors (Lipinski definition) is 2. The summed E-state index contributed by atoms with van der Waals surface area (Å²) in [4.78, 5) is 23.0. The molecule has 0 aromatic heterocycles. The lowest BCUT2D eigenvalue weighted by Gasteiger charge is -2.25. The van der Waals surface area contributed by atoms with Gasteiger partial charge in [-0.05, 0) is 19.3 Å². The summed E-state index contributed by atoms with van der Waals surface area (Å²) in [6.07, 6.45) is 2.16. The molecule has 4 nitrogen and oxygen atoms in total. The standard InChI is InChI=1S/C11H18N2O2/c1-4-7(2)10(14)13-9-6-5-8(3)12-11(9)15/h7,9H,3-6H2,1-2H3,(H,12,15)(H,13,14)/t7-,9?/m0/s1. The highest BCUT2D eigenvalue weighted by Crippen LogP contribution is 2.11. The molecule has 1 saturated heterocycles. The largest absolute Gasteiger partial charge is 0.344 e. The summed E-state index contributed by atoms with van der Waals surface area (Å²) >= 11 is 0. The van der Waals surface area contributed by atoms with Gasteiger partial charge in [-0.2, -0.15) is 0 Å². The molecular formula is C11H18N2O2. The van der Waals surface area contributed by atoms with Crippen LogP contribution in [0.5, 0.6) is 0 Å². The van der Waals surface area contributed by atoms with Crippen molar-refractivity contribution >= 4 is 11.8 Å². The second-order valence-corrected chi connectivity index (χ2v) is 4.00. The molecule has 4 heteroatoms. The van der Waals surface area contributed by atoms with Crippen LogP contribution in [0.3, 0.4) is 0 Å². The van der Waals surface area contributed by atoms with Crippen molar-refractivity contribution in [1.29, 1.82) is 0 Å². The predicted molar refractivity (Wildman–Crippen MR) is 57.9 cm³/mol. The highest BCUT2D eigenvalue weighted by Gasteiger charge is 2.26. The van der Waals surface area contributed by atoms with E-state index in [1.165, 1.54) is 0 Å². The van der Waals surface area contributed by atoms with E-state index >= 15 is 0 Å². The fourth-order valence-electron chi connectivity index (χ4n) is 1.41. The lowest BCUT2D eigenvalue weighted by molar-refractivity contribution is -0.131. The molecule has 15 heavy (non-hydrogen) atoms. The first-order valence-electron chi connectivity index (χ1n) is 5.33. The summed E-state index contributed by atoms with van der Waals surface area (Å²) in [6, 6.07) is -0.392. The normalized spacial score (nSPS) is 23.2. The molecule has 0 saturated carbocycles. The fourth-order valence-corrected chi connectivity index (χ4v) is 1.41. The van der Waals surface area contributed by atoms with Crippen molar-refractivity contribution in [2.75, 3.05) is 0 Å². The van der Waals surface area contributed by atoms with Crippen molar-refractivity contribution in [2.45, 2.75) is 39.2 Å². The van der Waals surface area contributed by atoms with Crippen molar-refractivity contribution < 1.29 is 9.59 Å². The molecule has 2 atom stereocenters. The van der Waals surface area contributed by atoms with Gasteiger partial charge in [0.2, 0.25) is 11.8 Å². The Morgan fingerprint density at radius 3 is 2.93 bits per heavy atom. The first-order chi connectivity index (χ1) is 7.04. The Kier molecular flexibility index (Phi) is 3.88. The van der Waals surface area contributed by atoms with Gasteiger partial charge >= 0.3 is 0 Å². The number of allylic oxidation sites excluding steroid dienone is 1. The van der Waals surface area contributed by atoms with Crippen LogP contribution in [-0.2, 0) is 9.59 Å². The molecule has 84 valence electrons. The Labute approximate surface area is 90.1 Å². The third-order valence-corrected chi connectivity index (χ3v) is 2.73. The third kappa shape index (κ3) is 3.08. The summed E-state index contributed by atoms with van der Waals surface area (Å²) in [7, 11) is 0. The van der Waals surface area contributed by atoms with Crippen molar-refractivity contribution in [3.63, 3.8) is 0 Å². The summed E-state index contributed by atoms with van der Waals surface area (Å²) in [5.74, 6) is -0.240. The molecule has 0 aromatic rings. The van der Waals surface area contributed by atoms with Gasteiger partial charge in [-0.15, -0.1) is 0 Å². The zero-order chi connectivity index (χ0) is 11.4. The van der Waals surface area contributed by atoms with Crippen molar-refractivity contribution in [1.82, 2.24) is 10.6 Å². The Hall–Kier alpha value is -1.32. The van der Waals surface area contributed by atoms with E-state index in [1.807, 2.05) is 13.8 Å². The lowest BCUT2D eigenvalue weighted by Crippen LogP contribution is -2.50. The van der Waals surface area contributed by atoms with E-state index in [0.29, 0.717) is 6.42 Å². The molecule has 0 spiro atoms. The molecular weight excluding hydrogens is 192 g/mol. The maximum absolute atomic E-state index is 11.6. The second-order valence-electron chi connectivity index (χ2n) is 4.00. The van der Waals surface area contributed by atoms with Crippen LogP contribution < -0.4 is 10.6 Å². The highest BCUT2D eigenvalue weighted by atomic mass is 16.2. The van der Waals surface area contributed by atoms with Gasteiger partial charge in [0.1, 0.15) is 6.04 Å². The smallest absolute Gasteiger partial charge is 0.246 e. The molecule has 1 aliphatic heterocycles.